The second kappa shape index (κ2) is 6.23. The van der Waals surface area contributed by atoms with Gasteiger partial charge in [-0.15, -0.1) is 0 Å². The maximum absolute atomic E-state index is 12.9. The number of anilines is 1. The molecule has 0 saturated heterocycles. The molecule has 2 aromatic rings. The number of methoxy groups -OCH3 is 2. The number of nitrogens with zero attached hydrogens (tertiary/aromatic N) is 1. The van der Waals surface area contributed by atoms with Gasteiger partial charge in [0.25, 0.3) is 10.0 Å². The third kappa shape index (κ3) is 2.99. The quantitative estimate of drug-likeness (QED) is 0.848. The molecule has 0 unspecified atom stereocenters. The average molecular weight is 325 g/mol. The van der Waals surface area contributed by atoms with Crippen LogP contribution in [0.3, 0.4) is 0 Å². The summed E-state index contributed by atoms with van der Waals surface area (Å²) in [7, 11) is 0.598. The van der Waals surface area contributed by atoms with Crippen LogP contribution < -0.4 is 13.8 Å². The second-order valence-electron chi connectivity index (χ2n) is 4.47. The molecule has 5 nitrogen and oxygen atoms in total. The molecule has 7 heteroatoms. The van der Waals surface area contributed by atoms with Crippen LogP contribution in [0.4, 0.5) is 10.1 Å². The van der Waals surface area contributed by atoms with Gasteiger partial charge in [-0.25, -0.2) is 12.8 Å². The molecule has 0 radical (unpaired) electrons. The van der Waals surface area contributed by atoms with E-state index in [-0.39, 0.29) is 4.90 Å². The van der Waals surface area contributed by atoms with E-state index in [9.17, 15) is 12.8 Å². The van der Waals surface area contributed by atoms with Crippen LogP contribution in [0.2, 0.25) is 0 Å². The van der Waals surface area contributed by atoms with Gasteiger partial charge in [0, 0.05) is 13.1 Å². The van der Waals surface area contributed by atoms with Crippen molar-refractivity contribution < 1.29 is 22.3 Å². The highest BCUT2D eigenvalue weighted by atomic mass is 32.2. The topological polar surface area (TPSA) is 55.8 Å². The molecule has 0 aromatic heterocycles. The molecule has 0 heterocycles. The van der Waals surface area contributed by atoms with Crippen molar-refractivity contribution in [1.82, 2.24) is 0 Å². The number of halogens is 1. The molecular formula is C15H16FNO4S. The number of sulfonamides is 1. The van der Waals surface area contributed by atoms with E-state index >= 15 is 0 Å². The Morgan fingerprint density at radius 2 is 1.55 bits per heavy atom. The zero-order valence-corrected chi connectivity index (χ0v) is 13.2. The standard InChI is InChI=1S/C15H16FNO4S/c1-17(12-6-9-14(20-2)15(10-12)21-3)22(18,19)13-7-4-11(16)5-8-13/h4-10H,1-3H3. The molecule has 0 fully saturated rings. The van der Waals surface area contributed by atoms with Gasteiger partial charge < -0.3 is 9.47 Å². The average Bonchev–Trinajstić information content (AvgIpc) is 2.53. The van der Waals surface area contributed by atoms with Crippen molar-refractivity contribution in [3.05, 3.63) is 48.3 Å². The summed E-state index contributed by atoms with van der Waals surface area (Å²) < 4.78 is 49.4. The fourth-order valence-electron chi connectivity index (χ4n) is 1.92. The molecule has 0 saturated carbocycles. The Morgan fingerprint density at radius 1 is 0.955 bits per heavy atom. The van der Waals surface area contributed by atoms with Crippen LogP contribution in [0.15, 0.2) is 47.4 Å². The first-order valence-corrected chi connectivity index (χ1v) is 7.80. The molecule has 22 heavy (non-hydrogen) atoms. The first-order chi connectivity index (χ1) is 10.4. The van der Waals surface area contributed by atoms with Crippen LogP contribution in [-0.4, -0.2) is 29.7 Å². The predicted octanol–water partition coefficient (Wildman–Crippen LogP) is 2.67. The third-order valence-electron chi connectivity index (χ3n) is 3.20. The van der Waals surface area contributed by atoms with Gasteiger partial charge in [-0.2, -0.15) is 0 Å². The Bertz CT molecular complexity index is 760. The molecule has 0 bridgehead atoms. The lowest BCUT2D eigenvalue weighted by molar-refractivity contribution is 0.355. The van der Waals surface area contributed by atoms with Crippen molar-refractivity contribution in [2.24, 2.45) is 0 Å². The van der Waals surface area contributed by atoms with Gasteiger partial charge in [-0.1, -0.05) is 0 Å². The van der Waals surface area contributed by atoms with E-state index in [0.29, 0.717) is 17.2 Å². The van der Waals surface area contributed by atoms with Crippen LogP contribution >= 0.6 is 0 Å². The summed E-state index contributed by atoms with van der Waals surface area (Å²) in [4.78, 5) is 0.00573. The SMILES string of the molecule is COc1ccc(N(C)S(=O)(=O)c2ccc(F)cc2)cc1OC. The maximum Gasteiger partial charge on any atom is 0.264 e. The smallest absolute Gasteiger partial charge is 0.264 e. The van der Waals surface area contributed by atoms with Gasteiger partial charge in [-0.05, 0) is 36.4 Å². The van der Waals surface area contributed by atoms with Crippen LogP contribution in [0.1, 0.15) is 0 Å². The summed E-state index contributed by atoms with van der Waals surface area (Å²) in [6.45, 7) is 0. The molecule has 0 aliphatic heterocycles. The third-order valence-corrected chi connectivity index (χ3v) is 5.00. The Kier molecular flexibility index (Phi) is 4.56. The molecular weight excluding hydrogens is 309 g/mol. The molecule has 0 atom stereocenters. The lowest BCUT2D eigenvalue weighted by Crippen LogP contribution is -2.26. The Balaban J connectivity index is 2.42. The summed E-state index contributed by atoms with van der Waals surface area (Å²) in [5.74, 6) is 0.424. The minimum Gasteiger partial charge on any atom is -0.493 e. The second-order valence-corrected chi connectivity index (χ2v) is 6.44. The first-order valence-electron chi connectivity index (χ1n) is 6.36. The van der Waals surface area contributed by atoms with Gasteiger partial charge in [0.15, 0.2) is 11.5 Å². The summed E-state index contributed by atoms with van der Waals surface area (Å²) in [5.41, 5.74) is 0.405. The molecule has 118 valence electrons. The normalized spacial score (nSPS) is 11.1. The number of benzene rings is 2. The van der Waals surface area contributed by atoms with Crippen molar-refractivity contribution in [2.45, 2.75) is 4.90 Å². The minimum absolute atomic E-state index is 0.00573. The monoisotopic (exact) mass is 325 g/mol. The fourth-order valence-corrected chi connectivity index (χ4v) is 3.11. The van der Waals surface area contributed by atoms with E-state index in [1.54, 1.807) is 18.2 Å². The number of rotatable bonds is 5. The highest BCUT2D eigenvalue weighted by Gasteiger charge is 2.22. The van der Waals surface area contributed by atoms with E-state index in [2.05, 4.69) is 0 Å². The maximum atomic E-state index is 12.9. The van der Waals surface area contributed by atoms with E-state index in [1.165, 1.54) is 33.4 Å². The minimum atomic E-state index is -3.78. The van der Waals surface area contributed by atoms with Gasteiger partial charge in [0.2, 0.25) is 0 Å². The Labute approximate surface area is 128 Å². The molecule has 0 aliphatic carbocycles. The van der Waals surface area contributed by atoms with E-state index in [0.717, 1.165) is 16.4 Å². The van der Waals surface area contributed by atoms with Crippen molar-refractivity contribution in [2.75, 3.05) is 25.6 Å². The van der Waals surface area contributed by atoms with E-state index in [4.69, 9.17) is 9.47 Å². The Hall–Kier alpha value is -2.28. The molecule has 0 amide bonds. The number of hydrogen-bond acceptors (Lipinski definition) is 4. The highest BCUT2D eigenvalue weighted by molar-refractivity contribution is 7.92. The molecule has 2 aromatic carbocycles. The van der Waals surface area contributed by atoms with Crippen LogP contribution in [0.25, 0.3) is 0 Å². The summed E-state index contributed by atoms with van der Waals surface area (Å²) >= 11 is 0. The van der Waals surface area contributed by atoms with E-state index in [1.807, 2.05) is 0 Å². The van der Waals surface area contributed by atoms with Gasteiger partial charge in [-0.3, -0.25) is 4.31 Å². The summed E-state index contributed by atoms with van der Waals surface area (Å²) in [6, 6.07) is 9.43. The molecule has 0 N–H and O–H groups in total. The highest BCUT2D eigenvalue weighted by Crippen LogP contribution is 2.32. The van der Waals surface area contributed by atoms with Crippen LogP contribution in [-0.2, 0) is 10.0 Å². The van der Waals surface area contributed by atoms with Crippen molar-refractivity contribution in [1.29, 1.82) is 0 Å². The fraction of sp³-hybridized carbons (Fsp3) is 0.200. The van der Waals surface area contributed by atoms with Gasteiger partial charge in [0.05, 0.1) is 24.8 Å². The van der Waals surface area contributed by atoms with Crippen molar-refractivity contribution >= 4 is 15.7 Å². The van der Waals surface area contributed by atoms with Crippen molar-refractivity contribution in [3.63, 3.8) is 0 Å². The molecule has 0 aliphatic rings. The van der Waals surface area contributed by atoms with Crippen molar-refractivity contribution in [3.8, 4) is 11.5 Å². The largest absolute Gasteiger partial charge is 0.493 e. The zero-order valence-electron chi connectivity index (χ0n) is 12.4. The predicted molar refractivity (Wildman–Crippen MR) is 81.5 cm³/mol. The first kappa shape index (κ1) is 16.1. The van der Waals surface area contributed by atoms with E-state index < -0.39 is 15.8 Å². The summed E-state index contributed by atoms with van der Waals surface area (Å²) in [6.07, 6.45) is 0. The van der Waals surface area contributed by atoms with Gasteiger partial charge >= 0.3 is 0 Å². The molecule has 2 rings (SSSR count). The number of hydrogen-bond donors (Lipinski definition) is 0. The zero-order chi connectivity index (χ0) is 16.3. The Morgan fingerprint density at radius 3 is 2.09 bits per heavy atom. The van der Waals surface area contributed by atoms with Crippen LogP contribution in [0.5, 0.6) is 11.5 Å². The lowest BCUT2D eigenvalue weighted by atomic mass is 10.3. The summed E-state index contributed by atoms with van der Waals surface area (Å²) in [5, 5.41) is 0. The van der Waals surface area contributed by atoms with Crippen LogP contribution in [0, 0.1) is 5.82 Å². The van der Waals surface area contributed by atoms with Gasteiger partial charge in [0.1, 0.15) is 5.82 Å². The lowest BCUT2D eigenvalue weighted by Gasteiger charge is -2.20. The molecule has 0 spiro atoms. The number of ether oxygens (including phenoxy) is 2.